The Labute approximate surface area is 127 Å². The molecule has 0 unspecified atom stereocenters. The molecule has 1 aliphatic heterocycles. The van der Waals surface area contributed by atoms with Crippen LogP contribution in [0.5, 0.6) is 5.75 Å². The lowest BCUT2D eigenvalue weighted by atomic mass is 10.0. The molecule has 5 nitrogen and oxygen atoms in total. The maximum absolute atomic E-state index is 11.8. The number of rotatable bonds is 5. The molecule has 0 atom stereocenters. The summed E-state index contributed by atoms with van der Waals surface area (Å²) in [6.45, 7) is 5.56. The predicted molar refractivity (Wildman–Crippen MR) is 85.1 cm³/mol. The fraction of sp³-hybridized carbons (Fsp3) is 0.333. The Hall–Kier alpha value is -2.08. The Kier molecular flexibility index (Phi) is 3.79. The number of nitrogens with one attached hydrogen (secondary N) is 1. The average molecular weight is 303 g/mol. The summed E-state index contributed by atoms with van der Waals surface area (Å²) in [6, 6.07) is 5.86. The second kappa shape index (κ2) is 5.73. The van der Waals surface area contributed by atoms with Crippen LogP contribution in [-0.4, -0.2) is 37.6 Å². The largest absolute Gasteiger partial charge is 0.497 e. The zero-order valence-corrected chi connectivity index (χ0v) is 12.7. The molecule has 110 valence electrons. The quantitative estimate of drug-likeness (QED) is 0.859. The lowest BCUT2D eigenvalue weighted by Gasteiger charge is -2.37. The normalized spacial score (nSPS) is 14.8. The van der Waals surface area contributed by atoms with E-state index in [-0.39, 0.29) is 11.8 Å². The summed E-state index contributed by atoms with van der Waals surface area (Å²) in [5.74, 6) is 0.975. The highest BCUT2D eigenvalue weighted by molar-refractivity contribution is 7.22. The van der Waals surface area contributed by atoms with Crippen molar-refractivity contribution >= 4 is 32.6 Å². The van der Waals surface area contributed by atoms with E-state index < -0.39 is 0 Å². The third-order valence-electron chi connectivity index (χ3n) is 3.53. The molecule has 1 aromatic carbocycles. The average Bonchev–Trinajstić information content (AvgIpc) is 2.85. The summed E-state index contributed by atoms with van der Waals surface area (Å²) in [4.78, 5) is 18.5. The number of hydrogen-bond donors (Lipinski definition) is 1. The molecule has 2 aromatic rings. The first-order valence-corrected chi connectivity index (χ1v) is 7.61. The molecule has 1 aliphatic rings. The molecule has 1 N–H and O–H groups in total. The lowest BCUT2D eigenvalue weighted by Crippen LogP contribution is -2.53. The van der Waals surface area contributed by atoms with Crippen molar-refractivity contribution < 1.29 is 9.53 Å². The molecule has 2 heterocycles. The van der Waals surface area contributed by atoms with Crippen molar-refractivity contribution in [1.29, 1.82) is 0 Å². The topological polar surface area (TPSA) is 54.5 Å². The van der Waals surface area contributed by atoms with Gasteiger partial charge in [0, 0.05) is 19.6 Å². The molecule has 0 saturated carbocycles. The second-order valence-electron chi connectivity index (χ2n) is 4.97. The van der Waals surface area contributed by atoms with Gasteiger partial charge in [-0.1, -0.05) is 17.4 Å². The minimum atomic E-state index is 0.0477. The van der Waals surface area contributed by atoms with Crippen molar-refractivity contribution in [2.45, 2.75) is 0 Å². The van der Waals surface area contributed by atoms with E-state index in [2.05, 4.69) is 21.8 Å². The minimum Gasteiger partial charge on any atom is -0.497 e. The number of methoxy groups -OCH3 is 1. The van der Waals surface area contributed by atoms with E-state index in [1.54, 1.807) is 24.5 Å². The fourth-order valence-corrected chi connectivity index (χ4v) is 3.28. The maximum Gasteiger partial charge on any atom is 0.226 e. The third-order valence-corrected chi connectivity index (χ3v) is 4.61. The van der Waals surface area contributed by atoms with Gasteiger partial charge in [-0.2, -0.15) is 0 Å². The Balaban J connectivity index is 1.66. The van der Waals surface area contributed by atoms with Gasteiger partial charge in [0.05, 0.1) is 23.2 Å². The molecular weight excluding hydrogens is 286 g/mol. The van der Waals surface area contributed by atoms with Gasteiger partial charge in [-0.05, 0) is 18.2 Å². The second-order valence-corrected chi connectivity index (χ2v) is 5.97. The Morgan fingerprint density at radius 2 is 2.43 bits per heavy atom. The number of thiazole rings is 1. The number of amides is 1. The fourth-order valence-electron chi connectivity index (χ4n) is 2.27. The van der Waals surface area contributed by atoms with Crippen LogP contribution in [0.3, 0.4) is 0 Å². The summed E-state index contributed by atoms with van der Waals surface area (Å²) in [6.07, 6.45) is 1.69. The lowest BCUT2D eigenvalue weighted by molar-refractivity contribution is -0.125. The van der Waals surface area contributed by atoms with Crippen LogP contribution in [0.25, 0.3) is 10.2 Å². The maximum atomic E-state index is 11.8. The van der Waals surface area contributed by atoms with Crippen LogP contribution < -0.4 is 15.0 Å². The Morgan fingerprint density at radius 1 is 1.62 bits per heavy atom. The molecule has 1 saturated heterocycles. The van der Waals surface area contributed by atoms with Crippen LogP contribution in [0.15, 0.2) is 30.9 Å². The van der Waals surface area contributed by atoms with Crippen LogP contribution >= 0.6 is 11.3 Å². The smallest absolute Gasteiger partial charge is 0.226 e. The molecule has 0 spiro atoms. The van der Waals surface area contributed by atoms with Crippen molar-refractivity contribution in [3.05, 3.63) is 30.9 Å². The van der Waals surface area contributed by atoms with Crippen LogP contribution in [0.4, 0.5) is 5.13 Å². The number of fused-ring (bicyclic) bond motifs is 1. The minimum absolute atomic E-state index is 0.0477. The number of carbonyl (C=O) groups is 1. The van der Waals surface area contributed by atoms with Gasteiger partial charge in [-0.25, -0.2) is 4.98 Å². The van der Waals surface area contributed by atoms with Crippen molar-refractivity contribution in [3.8, 4) is 5.75 Å². The highest BCUT2D eigenvalue weighted by Gasteiger charge is 2.34. The van der Waals surface area contributed by atoms with Gasteiger partial charge < -0.3 is 15.0 Å². The molecule has 3 rings (SSSR count). The van der Waals surface area contributed by atoms with E-state index >= 15 is 0 Å². The van der Waals surface area contributed by atoms with Gasteiger partial charge in [0.25, 0.3) is 0 Å². The monoisotopic (exact) mass is 303 g/mol. The standard InChI is InChI=1S/C15H17N3O2S/c1-3-6-16-14(19)10-8-18(9-10)15-17-12-5-4-11(20-2)7-13(12)21-15/h3-5,7,10H,1,6,8-9H2,2H3,(H,16,19). The first-order chi connectivity index (χ1) is 10.2. The van der Waals surface area contributed by atoms with Gasteiger partial charge in [0.15, 0.2) is 5.13 Å². The molecule has 6 heteroatoms. The zero-order chi connectivity index (χ0) is 14.8. The van der Waals surface area contributed by atoms with Crippen molar-refractivity contribution in [2.75, 3.05) is 31.6 Å². The van der Waals surface area contributed by atoms with Crippen molar-refractivity contribution in [1.82, 2.24) is 10.3 Å². The molecule has 21 heavy (non-hydrogen) atoms. The van der Waals surface area contributed by atoms with Gasteiger partial charge in [0.1, 0.15) is 5.75 Å². The molecule has 1 amide bonds. The number of aromatic nitrogens is 1. The number of ether oxygens (including phenoxy) is 1. The zero-order valence-electron chi connectivity index (χ0n) is 11.8. The predicted octanol–water partition coefficient (Wildman–Crippen LogP) is 2.04. The number of anilines is 1. The summed E-state index contributed by atoms with van der Waals surface area (Å²) < 4.78 is 6.32. The van der Waals surface area contributed by atoms with Gasteiger partial charge >= 0.3 is 0 Å². The number of carbonyl (C=O) groups excluding carboxylic acids is 1. The van der Waals surface area contributed by atoms with Gasteiger partial charge in [0.2, 0.25) is 5.91 Å². The highest BCUT2D eigenvalue weighted by atomic mass is 32.1. The Morgan fingerprint density at radius 3 is 3.14 bits per heavy atom. The summed E-state index contributed by atoms with van der Waals surface area (Å²) in [5, 5.41) is 3.79. The first kappa shape index (κ1) is 13.9. The number of nitrogens with zero attached hydrogens (tertiary/aromatic N) is 2. The molecule has 1 aromatic heterocycles. The van der Waals surface area contributed by atoms with Crippen molar-refractivity contribution in [3.63, 3.8) is 0 Å². The van der Waals surface area contributed by atoms with Gasteiger partial charge in [-0.3, -0.25) is 4.79 Å². The summed E-state index contributed by atoms with van der Waals surface area (Å²) >= 11 is 1.63. The van der Waals surface area contributed by atoms with E-state index in [9.17, 15) is 4.79 Å². The summed E-state index contributed by atoms with van der Waals surface area (Å²) in [7, 11) is 1.66. The highest BCUT2D eigenvalue weighted by Crippen LogP contribution is 2.34. The van der Waals surface area contributed by atoms with E-state index in [0.29, 0.717) is 6.54 Å². The van der Waals surface area contributed by atoms with E-state index in [1.165, 1.54) is 0 Å². The van der Waals surface area contributed by atoms with Crippen LogP contribution in [0, 0.1) is 5.92 Å². The van der Waals surface area contributed by atoms with E-state index in [1.807, 2.05) is 18.2 Å². The molecule has 1 fully saturated rings. The van der Waals surface area contributed by atoms with Crippen molar-refractivity contribution in [2.24, 2.45) is 5.92 Å². The van der Waals surface area contributed by atoms with E-state index in [0.717, 1.165) is 34.2 Å². The third kappa shape index (κ3) is 2.71. The first-order valence-electron chi connectivity index (χ1n) is 6.79. The summed E-state index contributed by atoms with van der Waals surface area (Å²) in [5.41, 5.74) is 0.968. The number of hydrogen-bond acceptors (Lipinski definition) is 5. The van der Waals surface area contributed by atoms with Crippen LogP contribution in [0.2, 0.25) is 0 Å². The molecule has 0 bridgehead atoms. The van der Waals surface area contributed by atoms with Crippen LogP contribution in [-0.2, 0) is 4.79 Å². The Bertz CT molecular complexity index is 677. The molecular formula is C15H17N3O2S. The van der Waals surface area contributed by atoms with E-state index in [4.69, 9.17) is 4.74 Å². The molecule has 0 radical (unpaired) electrons. The SMILES string of the molecule is C=CCNC(=O)C1CN(c2nc3ccc(OC)cc3s2)C1. The molecule has 0 aliphatic carbocycles. The number of benzene rings is 1. The van der Waals surface area contributed by atoms with Gasteiger partial charge in [-0.15, -0.1) is 6.58 Å². The van der Waals surface area contributed by atoms with Crippen LogP contribution in [0.1, 0.15) is 0 Å².